The maximum absolute atomic E-state index is 12.6. The molecular weight excluding hydrogens is 199 g/mol. The zero-order valence-corrected chi connectivity index (χ0v) is 7.59. The molecular formula is C9H7FN4O. The van der Waals surface area contributed by atoms with Crippen LogP contribution < -0.4 is 5.73 Å². The van der Waals surface area contributed by atoms with Crippen molar-refractivity contribution < 1.29 is 9.18 Å². The van der Waals surface area contributed by atoms with Gasteiger partial charge in [0.2, 0.25) is 5.82 Å². The highest BCUT2D eigenvalue weighted by Crippen LogP contribution is 2.07. The van der Waals surface area contributed by atoms with Crippen LogP contribution in [0.5, 0.6) is 0 Å². The molecule has 76 valence electrons. The molecule has 0 saturated heterocycles. The van der Waals surface area contributed by atoms with Crippen LogP contribution >= 0.6 is 0 Å². The summed E-state index contributed by atoms with van der Waals surface area (Å²) in [5.41, 5.74) is 5.60. The standard InChI is InChI=1S/C9H7FN4O/c10-6-1-3-7(4-2-6)14-5-12-9(13-14)8(11)15/h1-5H,(H2,11,15). The molecule has 0 spiro atoms. The van der Waals surface area contributed by atoms with Gasteiger partial charge >= 0.3 is 0 Å². The van der Waals surface area contributed by atoms with E-state index in [-0.39, 0.29) is 11.6 Å². The Morgan fingerprint density at radius 1 is 1.33 bits per heavy atom. The topological polar surface area (TPSA) is 73.8 Å². The normalized spacial score (nSPS) is 10.2. The molecule has 1 aromatic heterocycles. The van der Waals surface area contributed by atoms with Gasteiger partial charge in [-0.3, -0.25) is 4.79 Å². The van der Waals surface area contributed by atoms with Crippen molar-refractivity contribution in [1.29, 1.82) is 0 Å². The minimum absolute atomic E-state index is 0.0701. The van der Waals surface area contributed by atoms with Gasteiger partial charge in [0.1, 0.15) is 12.1 Å². The smallest absolute Gasteiger partial charge is 0.288 e. The zero-order valence-electron chi connectivity index (χ0n) is 7.59. The molecule has 0 saturated carbocycles. The highest BCUT2D eigenvalue weighted by molar-refractivity contribution is 5.88. The number of benzene rings is 1. The summed E-state index contributed by atoms with van der Waals surface area (Å²) in [5, 5.41) is 3.82. The Balaban J connectivity index is 2.37. The summed E-state index contributed by atoms with van der Waals surface area (Å²) in [7, 11) is 0. The lowest BCUT2D eigenvalue weighted by Gasteiger charge is -1.98. The molecule has 2 aromatic rings. The van der Waals surface area contributed by atoms with E-state index in [1.807, 2.05) is 0 Å². The van der Waals surface area contributed by atoms with E-state index < -0.39 is 5.91 Å². The van der Waals surface area contributed by atoms with Crippen LogP contribution in [0.2, 0.25) is 0 Å². The van der Waals surface area contributed by atoms with Gasteiger partial charge in [-0.05, 0) is 24.3 Å². The number of hydrogen-bond acceptors (Lipinski definition) is 3. The van der Waals surface area contributed by atoms with Crippen molar-refractivity contribution in [3.05, 3.63) is 42.2 Å². The van der Waals surface area contributed by atoms with Gasteiger partial charge in [0, 0.05) is 0 Å². The van der Waals surface area contributed by atoms with Gasteiger partial charge < -0.3 is 5.73 Å². The predicted octanol–water partition coefficient (Wildman–Crippen LogP) is 0.505. The fourth-order valence-corrected chi connectivity index (χ4v) is 1.09. The number of amides is 1. The third-order valence-corrected chi connectivity index (χ3v) is 1.80. The van der Waals surface area contributed by atoms with E-state index >= 15 is 0 Å². The average Bonchev–Trinajstić information content (AvgIpc) is 2.68. The monoisotopic (exact) mass is 206 g/mol. The molecule has 15 heavy (non-hydrogen) atoms. The highest BCUT2D eigenvalue weighted by atomic mass is 19.1. The lowest BCUT2D eigenvalue weighted by Crippen LogP contribution is -2.13. The van der Waals surface area contributed by atoms with E-state index in [4.69, 9.17) is 5.73 Å². The Hall–Kier alpha value is -2.24. The van der Waals surface area contributed by atoms with Crippen LogP contribution in [0.25, 0.3) is 5.69 Å². The van der Waals surface area contributed by atoms with Gasteiger partial charge in [0.15, 0.2) is 0 Å². The zero-order chi connectivity index (χ0) is 10.8. The summed E-state index contributed by atoms with van der Waals surface area (Å²) in [6, 6.07) is 5.63. The first-order valence-electron chi connectivity index (χ1n) is 4.14. The number of nitrogens with zero attached hydrogens (tertiary/aromatic N) is 3. The van der Waals surface area contributed by atoms with Crippen molar-refractivity contribution >= 4 is 5.91 Å². The second-order valence-corrected chi connectivity index (χ2v) is 2.85. The fourth-order valence-electron chi connectivity index (χ4n) is 1.09. The summed E-state index contributed by atoms with van der Waals surface area (Å²) in [4.78, 5) is 14.4. The van der Waals surface area contributed by atoms with E-state index in [9.17, 15) is 9.18 Å². The van der Waals surface area contributed by atoms with Crippen molar-refractivity contribution in [2.75, 3.05) is 0 Å². The maximum atomic E-state index is 12.6. The van der Waals surface area contributed by atoms with E-state index in [1.54, 1.807) is 0 Å². The summed E-state index contributed by atoms with van der Waals surface area (Å²) < 4.78 is 14.0. The molecule has 1 aromatic carbocycles. The largest absolute Gasteiger partial charge is 0.363 e. The number of carbonyl (C=O) groups is 1. The molecule has 0 aliphatic rings. The third kappa shape index (κ3) is 1.83. The second-order valence-electron chi connectivity index (χ2n) is 2.85. The SMILES string of the molecule is NC(=O)c1ncn(-c2ccc(F)cc2)n1. The minimum atomic E-state index is -0.698. The first-order chi connectivity index (χ1) is 7.16. The Kier molecular flexibility index (Phi) is 2.17. The van der Waals surface area contributed by atoms with Crippen LogP contribution in [-0.4, -0.2) is 20.7 Å². The van der Waals surface area contributed by atoms with Crippen molar-refractivity contribution in [1.82, 2.24) is 14.8 Å². The van der Waals surface area contributed by atoms with Crippen molar-refractivity contribution in [3.8, 4) is 5.69 Å². The van der Waals surface area contributed by atoms with Crippen LogP contribution in [0, 0.1) is 5.82 Å². The molecule has 0 unspecified atom stereocenters. The number of rotatable bonds is 2. The van der Waals surface area contributed by atoms with E-state index in [0.29, 0.717) is 5.69 Å². The highest BCUT2D eigenvalue weighted by Gasteiger charge is 2.07. The summed E-state index contributed by atoms with van der Waals surface area (Å²) >= 11 is 0. The Bertz CT molecular complexity index is 491. The van der Waals surface area contributed by atoms with Crippen LogP contribution in [0.4, 0.5) is 4.39 Å². The molecule has 1 amide bonds. The van der Waals surface area contributed by atoms with Gasteiger partial charge in [-0.25, -0.2) is 14.1 Å². The van der Waals surface area contributed by atoms with Gasteiger partial charge in [0.25, 0.3) is 5.91 Å². The summed E-state index contributed by atoms with van der Waals surface area (Å²) in [6.45, 7) is 0. The number of nitrogens with two attached hydrogens (primary N) is 1. The van der Waals surface area contributed by atoms with E-state index in [2.05, 4.69) is 10.1 Å². The van der Waals surface area contributed by atoms with E-state index in [0.717, 1.165) is 0 Å². The molecule has 0 aliphatic heterocycles. The Morgan fingerprint density at radius 3 is 2.53 bits per heavy atom. The second kappa shape index (κ2) is 3.49. The van der Waals surface area contributed by atoms with Gasteiger partial charge in [-0.2, -0.15) is 0 Å². The summed E-state index contributed by atoms with van der Waals surface area (Å²) in [5.74, 6) is -1.11. The van der Waals surface area contributed by atoms with Gasteiger partial charge in [-0.1, -0.05) is 0 Å². The molecule has 2 rings (SSSR count). The number of carbonyl (C=O) groups excluding carboxylic acids is 1. The fraction of sp³-hybridized carbons (Fsp3) is 0. The Morgan fingerprint density at radius 2 is 2.00 bits per heavy atom. The summed E-state index contributed by atoms with van der Waals surface area (Å²) in [6.07, 6.45) is 1.34. The first kappa shape index (κ1) is 9.32. The molecule has 0 atom stereocenters. The maximum Gasteiger partial charge on any atom is 0.288 e. The molecule has 6 heteroatoms. The Labute approximate surface area is 84.3 Å². The molecule has 5 nitrogen and oxygen atoms in total. The van der Waals surface area contributed by atoms with Crippen LogP contribution in [0.15, 0.2) is 30.6 Å². The quantitative estimate of drug-likeness (QED) is 0.777. The number of halogens is 1. The van der Waals surface area contributed by atoms with Gasteiger partial charge in [0.05, 0.1) is 5.69 Å². The number of aromatic nitrogens is 3. The first-order valence-corrected chi connectivity index (χ1v) is 4.14. The van der Waals surface area contributed by atoms with Crippen LogP contribution in [0.3, 0.4) is 0 Å². The molecule has 0 radical (unpaired) electrons. The third-order valence-electron chi connectivity index (χ3n) is 1.80. The van der Waals surface area contributed by atoms with E-state index in [1.165, 1.54) is 35.3 Å². The molecule has 2 N–H and O–H groups in total. The molecule has 1 heterocycles. The molecule has 0 fully saturated rings. The van der Waals surface area contributed by atoms with Crippen molar-refractivity contribution in [2.24, 2.45) is 5.73 Å². The minimum Gasteiger partial charge on any atom is -0.363 e. The van der Waals surface area contributed by atoms with Crippen molar-refractivity contribution in [2.45, 2.75) is 0 Å². The van der Waals surface area contributed by atoms with Gasteiger partial charge in [-0.15, -0.1) is 5.10 Å². The molecule has 0 bridgehead atoms. The van der Waals surface area contributed by atoms with Crippen molar-refractivity contribution in [3.63, 3.8) is 0 Å². The lowest BCUT2D eigenvalue weighted by molar-refractivity contribution is 0.0990. The average molecular weight is 206 g/mol. The van der Waals surface area contributed by atoms with Crippen LogP contribution in [0.1, 0.15) is 10.6 Å². The predicted molar refractivity (Wildman–Crippen MR) is 49.8 cm³/mol. The number of hydrogen-bond donors (Lipinski definition) is 1. The molecule has 0 aliphatic carbocycles. The lowest BCUT2D eigenvalue weighted by atomic mass is 10.3. The van der Waals surface area contributed by atoms with Crippen LogP contribution in [-0.2, 0) is 0 Å². The number of primary amides is 1.